The molecule has 0 saturated carbocycles. The topological polar surface area (TPSA) is 78.4 Å². The van der Waals surface area contributed by atoms with E-state index in [1.165, 1.54) is 18.5 Å². The Morgan fingerprint density at radius 3 is 2.69 bits per heavy atom. The standard InChI is InChI=1S/C24H18F4N4O2S/c1-2-14-7-15(11-29-10-14)19-8-16(12-30-22(19)32-6-5-18(33)13-32)23(34)31-17-3-4-21(20(25)9-17)35-24(26,27)28/h1,3-4,7-12,18,33H,5-6,13H2,(H,31,34)/t18-/m1/s1. The summed E-state index contributed by atoms with van der Waals surface area (Å²) in [6.07, 6.45) is 9.98. The zero-order valence-corrected chi connectivity index (χ0v) is 18.8. The van der Waals surface area contributed by atoms with Gasteiger partial charge in [0, 0.05) is 54.1 Å². The molecule has 1 fully saturated rings. The summed E-state index contributed by atoms with van der Waals surface area (Å²) in [5.41, 5.74) is -2.83. The maximum Gasteiger partial charge on any atom is 0.446 e. The van der Waals surface area contributed by atoms with Crippen LogP contribution in [0.15, 0.2) is 53.8 Å². The second-order valence-corrected chi connectivity index (χ2v) is 8.84. The van der Waals surface area contributed by atoms with E-state index in [1.54, 1.807) is 18.3 Å². The number of β-amino-alcohol motifs (C(OH)–C–C–N with tert-alkyl or cyclic N) is 1. The Labute approximate surface area is 202 Å². The van der Waals surface area contributed by atoms with Crippen molar-refractivity contribution in [1.82, 2.24) is 9.97 Å². The molecule has 0 bridgehead atoms. The van der Waals surface area contributed by atoms with Gasteiger partial charge in [0.25, 0.3) is 5.91 Å². The molecule has 35 heavy (non-hydrogen) atoms. The molecule has 180 valence electrons. The number of aliphatic hydroxyl groups excluding tert-OH is 1. The highest BCUT2D eigenvalue weighted by atomic mass is 32.2. The van der Waals surface area contributed by atoms with E-state index in [2.05, 4.69) is 21.2 Å². The quantitative estimate of drug-likeness (QED) is 0.299. The number of alkyl halides is 3. The predicted molar refractivity (Wildman–Crippen MR) is 125 cm³/mol. The third-order valence-corrected chi connectivity index (χ3v) is 6.01. The molecule has 1 amide bonds. The fraction of sp³-hybridized carbons (Fsp3) is 0.208. The Kier molecular flexibility index (Phi) is 6.95. The van der Waals surface area contributed by atoms with Gasteiger partial charge < -0.3 is 15.3 Å². The van der Waals surface area contributed by atoms with E-state index in [1.807, 2.05) is 4.90 Å². The first-order valence-corrected chi connectivity index (χ1v) is 11.2. The van der Waals surface area contributed by atoms with Gasteiger partial charge in [0.1, 0.15) is 11.6 Å². The van der Waals surface area contributed by atoms with Crippen molar-refractivity contribution in [3.8, 4) is 23.5 Å². The molecule has 0 radical (unpaired) electrons. The van der Waals surface area contributed by atoms with Crippen LogP contribution < -0.4 is 10.2 Å². The van der Waals surface area contributed by atoms with Gasteiger partial charge in [0.05, 0.1) is 16.6 Å². The van der Waals surface area contributed by atoms with Crippen molar-refractivity contribution in [2.45, 2.75) is 22.9 Å². The summed E-state index contributed by atoms with van der Waals surface area (Å²) < 4.78 is 51.7. The second kappa shape index (κ2) is 9.93. The summed E-state index contributed by atoms with van der Waals surface area (Å²) in [6, 6.07) is 6.24. The number of terminal acetylenes is 1. The van der Waals surface area contributed by atoms with Gasteiger partial charge in [0.2, 0.25) is 0 Å². The number of nitrogens with zero attached hydrogens (tertiary/aromatic N) is 3. The molecule has 6 nitrogen and oxygen atoms in total. The second-order valence-electron chi connectivity index (χ2n) is 7.74. The van der Waals surface area contributed by atoms with Gasteiger partial charge in [-0.05, 0) is 48.5 Å². The average Bonchev–Trinajstić information content (AvgIpc) is 3.25. The molecule has 1 aliphatic rings. The number of nitrogens with one attached hydrogen (secondary N) is 1. The van der Waals surface area contributed by atoms with Crippen LogP contribution in [-0.4, -0.2) is 45.7 Å². The summed E-state index contributed by atoms with van der Waals surface area (Å²) in [7, 11) is 0. The summed E-state index contributed by atoms with van der Waals surface area (Å²) >= 11 is -0.573. The van der Waals surface area contributed by atoms with Crippen molar-refractivity contribution in [2.24, 2.45) is 0 Å². The van der Waals surface area contributed by atoms with Crippen LogP contribution in [0.25, 0.3) is 11.1 Å². The summed E-state index contributed by atoms with van der Waals surface area (Å²) in [6.45, 7) is 0.936. The first-order chi connectivity index (χ1) is 16.6. The number of rotatable bonds is 5. The lowest BCUT2D eigenvalue weighted by Crippen LogP contribution is -2.23. The number of hydrogen-bond acceptors (Lipinski definition) is 6. The summed E-state index contributed by atoms with van der Waals surface area (Å²) in [5, 5.41) is 12.4. The van der Waals surface area contributed by atoms with E-state index in [0.29, 0.717) is 42.0 Å². The van der Waals surface area contributed by atoms with Gasteiger partial charge >= 0.3 is 5.51 Å². The van der Waals surface area contributed by atoms with Crippen LogP contribution in [0.5, 0.6) is 0 Å². The van der Waals surface area contributed by atoms with E-state index in [-0.39, 0.29) is 11.3 Å². The lowest BCUT2D eigenvalue weighted by molar-refractivity contribution is -0.0329. The molecule has 0 unspecified atom stereocenters. The van der Waals surface area contributed by atoms with Crippen LogP contribution in [0.1, 0.15) is 22.3 Å². The predicted octanol–water partition coefficient (Wildman–Crippen LogP) is 4.70. The van der Waals surface area contributed by atoms with Crippen LogP contribution in [0.4, 0.5) is 29.1 Å². The van der Waals surface area contributed by atoms with Gasteiger partial charge in [-0.1, -0.05) is 5.92 Å². The van der Waals surface area contributed by atoms with Crippen LogP contribution in [0.3, 0.4) is 0 Å². The maximum absolute atomic E-state index is 14.1. The van der Waals surface area contributed by atoms with Gasteiger partial charge in [-0.2, -0.15) is 13.2 Å². The van der Waals surface area contributed by atoms with Crippen LogP contribution >= 0.6 is 11.8 Å². The Morgan fingerprint density at radius 2 is 2.03 bits per heavy atom. The monoisotopic (exact) mass is 502 g/mol. The number of hydrogen-bond donors (Lipinski definition) is 2. The Hall–Kier alpha value is -3.62. The first-order valence-electron chi connectivity index (χ1n) is 10.3. The molecule has 4 rings (SSSR count). The van der Waals surface area contributed by atoms with E-state index in [4.69, 9.17) is 6.42 Å². The number of carbonyl (C=O) groups excluding carboxylic acids is 1. The van der Waals surface area contributed by atoms with Crippen molar-refractivity contribution in [1.29, 1.82) is 0 Å². The zero-order chi connectivity index (χ0) is 25.2. The van der Waals surface area contributed by atoms with Gasteiger partial charge in [-0.15, -0.1) is 6.42 Å². The molecule has 1 aromatic carbocycles. The number of pyridine rings is 2. The van der Waals surface area contributed by atoms with E-state index in [9.17, 15) is 27.5 Å². The van der Waals surface area contributed by atoms with E-state index < -0.39 is 40.0 Å². The van der Waals surface area contributed by atoms with Crippen LogP contribution in [0, 0.1) is 18.2 Å². The third kappa shape index (κ3) is 5.90. The molecule has 2 aromatic heterocycles. The van der Waals surface area contributed by atoms with Gasteiger partial charge in [0.15, 0.2) is 0 Å². The number of anilines is 2. The molecule has 3 heterocycles. The van der Waals surface area contributed by atoms with Crippen molar-refractivity contribution >= 4 is 29.2 Å². The third-order valence-electron chi connectivity index (χ3n) is 5.22. The van der Waals surface area contributed by atoms with Crippen molar-refractivity contribution in [3.05, 3.63) is 65.9 Å². The Bertz CT molecular complexity index is 1310. The highest BCUT2D eigenvalue weighted by molar-refractivity contribution is 8.00. The van der Waals surface area contributed by atoms with Gasteiger partial charge in [-0.25, -0.2) is 9.37 Å². The molecular weight excluding hydrogens is 484 g/mol. The lowest BCUT2D eigenvalue weighted by atomic mass is 10.0. The SMILES string of the molecule is C#Cc1cncc(-c2cc(C(=O)Nc3ccc(SC(F)(F)F)c(F)c3)cnc2N2CC[C@@H](O)C2)c1. The minimum absolute atomic E-state index is 0.0108. The Balaban J connectivity index is 1.64. The van der Waals surface area contributed by atoms with Crippen LogP contribution in [-0.2, 0) is 0 Å². The van der Waals surface area contributed by atoms with E-state index in [0.717, 1.165) is 12.1 Å². The number of thioether (sulfide) groups is 1. The number of aromatic nitrogens is 2. The fourth-order valence-electron chi connectivity index (χ4n) is 3.64. The number of aliphatic hydroxyl groups is 1. The summed E-state index contributed by atoms with van der Waals surface area (Å²) in [4.78, 5) is 22.7. The van der Waals surface area contributed by atoms with E-state index >= 15 is 0 Å². The van der Waals surface area contributed by atoms with Crippen LogP contribution in [0.2, 0.25) is 0 Å². The maximum atomic E-state index is 14.1. The molecule has 1 saturated heterocycles. The molecule has 1 aliphatic heterocycles. The number of halogens is 4. The van der Waals surface area contributed by atoms with Crippen molar-refractivity contribution in [2.75, 3.05) is 23.3 Å². The smallest absolute Gasteiger partial charge is 0.391 e. The molecule has 0 aliphatic carbocycles. The molecular formula is C24H18F4N4O2S. The number of amides is 1. The highest BCUT2D eigenvalue weighted by Gasteiger charge is 2.31. The largest absolute Gasteiger partial charge is 0.446 e. The molecule has 0 spiro atoms. The minimum atomic E-state index is -4.63. The zero-order valence-electron chi connectivity index (χ0n) is 18.0. The molecule has 11 heteroatoms. The van der Waals surface area contributed by atoms with Crippen molar-refractivity contribution in [3.63, 3.8) is 0 Å². The molecule has 3 aromatic rings. The number of carbonyl (C=O) groups is 1. The molecule has 1 atom stereocenters. The minimum Gasteiger partial charge on any atom is -0.391 e. The highest BCUT2D eigenvalue weighted by Crippen LogP contribution is 2.39. The Morgan fingerprint density at radius 1 is 1.23 bits per heavy atom. The normalized spacial score (nSPS) is 15.7. The first kappa shape index (κ1) is 24.5. The lowest BCUT2D eigenvalue weighted by Gasteiger charge is -2.21. The fourth-order valence-corrected chi connectivity index (χ4v) is 4.18. The average molecular weight is 502 g/mol. The van der Waals surface area contributed by atoms with Gasteiger partial charge in [-0.3, -0.25) is 9.78 Å². The molecule has 2 N–H and O–H groups in total. The number of benzene rings is 1. The summed E-state index contributed by atoms with van der Waals surface area (Å²) in [5.74, 6) is 1.30. The van der Waals surface area contributed by atoms with Crippen molar-refractivity contribution < 1.29 is 27.5 Å².